The van der Waals surface area contributed by atoms with Gasteiger partial charge in [-0.3, -0.25) is 0 Å². The van der Waals surface area contributed by atoms with E-state index in [2.05, 4.69) is 51.9 Å². The zero-order valence-corrected chi connectivity index (χ0v) is 27.2. The Morgan fingerprint density at radius 2 is 1.02 bits per heavy atom. The number of hydrogen-bond donors (Lipinski definition) is 0. The molecule has 0 aliphatic heterocycles. The Morgan fingerprint density at radius 1 is 0.565 bits per heavy atom. The first kappa shape index (κ1) is 31.7. The van der Waals surface area contributed by atoms with Gasteiger partial charge in [-0.15, -0.1) is 0 Å². The first-order valence-electron chi connectivity index (χ1n) is 14.7. The van der Waals surface area contributed by atoms with Crippen molar-refractivity contribution in [1.29, 1.82) is 0 Å². The molecule has 0 saturated heterocycles. The van der Waals surface area contributed by atoms with Crippen LogP contribution in [-0.4, -0.2) is 0 Å². The van der Waals surface area contributed by atoms with Crippen LogP contribution in [0, 0.1) is 5.82 Å². The van der Waals surface area contributed by atoms with Gasteiger partial charge in [0, 0.05) is 0 Å². The van der Waals surface area contributed by atoms with Crippen molar-refractivity contribution >= 4 is 36.7 Å². The molecule has 0 spiro atoms. The summed E-state index contributed by atoms with van der Waals surface area (Å²) in [5, 5.41) is -0.0856. The topological polar surface area (TPSA) is 9.23 Å². The number of hydrogen-bond acceptors (Lipinski definition) is 1. The van der Waals surface area contributed by atoms with Crippen LogP contribution in [0.1, 0.15) is 16.7 Å². The fourth-order valence-electron chi connectivity index (χ4n) is 5.88. The average Bonchev–Trinajstić information content (AvgIpc) is 3.09. The summed E-state index contributed by atoms with van der Waals surface area (Å²) in [5.41, 5.74) is 2.40. The normalized spacial score (nSPS) is 12.7. The molecule has 0 aromatic heterocycles. The minimum atomic E-state index is -4.38. The molecule has 0 N–H and O–H groups in total. The Labute approximate surface area is 274 Å². The number of alkyl halides is 3. The minimum absolute atomic E-state index is 0.228. The van der Waals surface area contributed by atoms with E-state index in [1.165, 1.54) is 18.2 Å². The van der Waals surface area contributed by atoms with E-state index >= 15 is 0 Å². The molecule has 0 saturated carbocycles. The fourth-order valence-corrected chi connectivity index (χ4v) is 13.5. The van der Waals surface area contributed by atoms with Crippen LogP contribution in [0.4, 0.5) is 17.6 Å². The number of ether oxygens (including phenoxy) is 1. The second kappa shape index (κ2) is 12.9. The quantitative estimate of drug-likeness (QED) is 0.108. The molecular formula is C39H30BrF4OP. The van der Waals surface area contributed by atoms with E-state index < -0.39 is 17.0 Å². The number of benzene rings is 6. The van der Waals surface area contributed by atoms with E-state index in [9.17, 15) is 17.6 Å². The third-order valence-electron chi connectivity index (χ3n) is 8.27. The maximum atomic E-state index is 15.0. The fraction of sp³-hybridized carbons (Fsp3) is 0.0769. The predicted molar refractivity (Wildman–Crippen MR) is 185 cm³/mol. The van der Waals surface area contributed by atoms with E-state index in [-0.39, 0.29) is 12.4 Å². The van der Waals surface area contributed by atoms with E-state index in [0.717, 1.165) is 44.7 Å². The van der Waals surface area contributed by atoms with Crippen LogP contribution in [0.3, 0.4) is 0 Å². The first-order valence-corrected chi connectivity index (χ1v) is 19.2. The van der Waals surface area contributed by atoms with Crippen LogP contribution in [-0.2, 0) is 18.9 Å². The summed E-state index contributed by atoms with van der Waals surface area (Å²) in [5.74, 6) is 0.222. The molecule has 0 fully saturated rings. The van der Waals surface area contributed by atoms with Crippen LogP contribution in [0.5, 0.6) is 5.75 Å². The molecule has 0 amide bonds. The zero-order valence-electron chi connectivity index (χ0n) is 24.7. The molecule has 6 rings (SSSR count). The van der Waals surface area contributed by atoms with E-state index in [1.807, 2.05) is 78.9 Å². The van der Waals surface area contributed by atoms with Crippen molar-refractivity contribution in [1.82, 2.24) is 0 Å². The van der Waals surface area contributed by atoms with Gasteiger partial charge in [0.25, 0.3) is 0 Å². The van der Waals surface area contributed by atoms with E-state index in [4.69, 9.17) is 4.74 Å². The van der Waals surface area contributed by atoms with E-state index in [0.29, 0.717) is 17.5 Å². The van der Waals surface area contributed by atoms with Crippen LogP contribution >= 0.6 is 20.8 Å². The van der Waals surface area contributed by atoms with Crippen molar-refractivity contribution in [2.45, 2.75) is 18.9 Å². The first-order chi connectivity index (χ1) is 22.1. The van der Waals surface area contributed by atoms with Gasteiger partial charge in [-0.1, -0.05) is 0 Å². The maximum absolute atomic E-state index is 15.0. The molecule has 232 valence electrons. The van der Waals surface area contributed by atoms with Crippen molar-refractivity contribution in [3.05, 3.63) is 180 Å². The van der Waals surface area contributed by atoms with Crippen molar-refractivity contribution < 1.29 is 22.3 Å². The molecule has 46 heavy (non-hydrogen) atoms. The third-order valence-corrected chi connectivity index (χ3v) is 17.8. The summed E-state index contributed by atoms with van der Waals surface area (Å²) in [6, 6.07) is 48.2. The molecule has 0 unspecified atom stereocenters. The Hall–Kier alpha value is -4.25. The second-order valence-electron chi connectivity index (χ2n) is 11.2. The van der Waals surface area contributed by atoms with Crippen molar-refractivity contribution in [3.8, 4) is 16.9 Å². The van der Waals surface area contributed by atoms with Gasteiger partial charge in [0.1, 0.15) is 0 Å². The van der Waals surface area contributed by atoms with Gasteiger partial charge in [-0.25, -0.2) is 0 Å². The average molecular weight is 702 g/mol. The molecule has 0 atom stereocenters. The van der Waals surface area contributed by atoms with Gasteiger partial charge in [-0.05, 0) is 0 Å². The Balaban J connectivity index is 1.35. The summed E-state index contributed by atoms with van der Waals surface area (Å²) in [6.45, 7) is 0.228. The predicted octanol–water partition coefficient (Wildman–Crippen LogP) is 10.4. The summed E-state index contributed by atoms with van der Waals surface area (Å²) >= 11 is 4.44. The van der Waals surface area contributed by atoms with Crippen molar-refractivity contribution in [2.75, 3.05) is 0 Å². The van der Waals surface area contributed by atoms with Crippen molar-refractivity contribution in [3.63, 3.8) is 0 Å². The zero-order chi connectivity index (χ0) is 32.2. The van der Waals surface area contributed by atoms with Gasteiger partial charge in [0.2, 0.25) is 0 Å². The molecule has 0 radical (unpaired) electrons. The van der Waals surface area contributed by atoms with Gasteiger partial charge in [0.15, 0.2) is 0 Å². The number of rotatable bonds is 9. The van der Waals surface area contributed by atoms with E-state index in [1.54, 1.807) is 12.1 Å². The molecular weight excluding hydrogens is 671 g/mol. The standard InChI is InChI=1S/C39H30BrF4OP/c40-46(35-10-4-1-5-11-35,36-12-6-2-7-13-36,37-14-8-3-9-15-37)28-32-26-34(41)24-25-38(32)45-27-29-16-18-30(19-17-29)31-20-22-33(23-21-31)39(42,43)44/h1-26H,27-28H2. The Bertz CT molecular complexity index is 1810. The van der Waals surface area contributed by atoms with Crippen LogP contribution in [0.2, 0.25) is 0 Å². The van der Waals surface area contributed by atoms with Gasteiger partial charge >= 0.3 is 256 Å². The van der Waals surface area contributed by atoms with Crippen LogP contribution in [0.15, 0.2) is 158 Å². The second-order valence-corrected chi connectivity index (χ2v) is 20.1. The molecule has 6 aromatic carbocycles. The van der Waals surface area contributed by atoms with Crippen LogP contribution < -0.4 is 20.7 Å². The number of halogens is 5. The van der Waals surface area contributed by atoms with Gasteiger partial charge in [-0.2, -0.15) is 13.2 Å². The summed E-state index contributed by atoms with van der Waals surface area (Å²) in [7, 11) is 0. The molecule has 0 aliphatic carbocycles. The molecule has 6 aromatic rings. The van der Waals surface area contributed by atoms with Crippen molar-refractivity contribution in [2.24, 2.45) is 0 Å². The molecule has 0 aliphatic rings. The van der Waals surface area contributed by atoms with Gasteiger partial charge < -0.3 is 0 Å². The van der Waals surface area contributed by atoms with Gasteiger partial charge in [0.05, 0.1) is 5.56 Å². The SMILES string of the molecule is Fc1ccc(OCc2ccc(-c3ccc(C(F)(F)F)cc3)cc2)c(CP(Br)(c2ccccc2)(c2ccccc2)c2ccccc2)c1. The Kier molecular flexibility index (Phi) is 8.87. The molecule has 1 nitrogen and oxygen atoms in total. The summed E-state index contributed by atoms with van der Waals surface area (Å²) in [6.07, 6.45) is -3.91. The monoisotopic (exact) mass is 700 g/mol. The molecule has 0 bridgehead atoms. The van der Waals surface area contributed by atoms with Crippen LogP contribution in [0.25, 0.3) is 11.1 Å². The summed E-state index contributed by atoms with van der Waals surface area (Å²) in [4.78, 5) is 0. The molecule has 7 heteroatoms. The summed E-state index contributed by atoms with van der Waals surface area (Å²) < 4.78 is 60.3. The Morgan fingerprint density at radius 3 is 1.48 bits per heavy atom. The molecule has 0 heterocycles. The third kappa shape index (κ3) is 6.25.